The van der Waals surface area contributed by atoms with E-state index in [4.69, 9.17) is 0 Å². The number of aromatic nitrogens is 1. The van der Waals surface area contributed by atoms with Gasteiger partial charge in [-0.25, -0.2) is 4.98 Å². The van der Waals surface area contributed by atoms with Gasteiger partial charge >= 0.3 is 0 Å². The molecule has 1 aromatic carbocycles. The van der Waals surface area contributed by atoms with Crippen molar-refractivity contribution in [3.05, 3.63) is 29.3 Å². The predicted molar refractivity (Wildman–Crippen MR) is 71.0 cm³/mol. The van der Waals surface area contributed by atoms with Gasteiger partial charge < -0.3 is 0 Å². The average Bonchev–Trinajstić information content (AvgIpc) is 2.70. The molecule has 15 heavy (non-hydrogen) atoms. The van der Waals surface area contributed by atoms with Gasteiger partial charge in [0.15, 0.2) is 0 Å². The Balaban J connectivity index is 2.36. The molecule has 2 aromatic rings. The summed E-state index contributed by atoms with van der Waals surface area (Å²) in [7, 11) is 0. The minimum Gasteiger partial charge on any atom is -0.241 e. The molecule has 1 aromatic heterocycles. The van der Waals surface area contributed by atoms with Gasteiger partial charge in [0.1, 0.15) is 0 Å². The van der Waals surface area contributed by atoms with Crippen molar-refractivity contribution in [3.63, 3.8) is 0 Å². The van der Waals surface area contributed by atoms with Crippen LogP contribution in [0.4, 0.5) is 0 Å². The second-order valence-electron chi connectivity index (χ2n) is 3.73. The fraction of sp³-hybridized carbons (Fsp3) is 0.417. The van der Waals surface area contributed by atoms with Gasteiger partial charge in [-0.2, -0.15) is 0 Å². The van der Waals surface area contributed by atoms with Crippen LogP contribution in [0.25, 0.3) is 10.2 Å². The van der Waals surface area contributed by atoms with Crippen molar-refractivity contribution in [1.29, 1.82) is 0 Å². The van der Waals surface area contributed by atoms with E-state index in [1.54, 1.807) is 0 Å². The summed E-state index contributed by atoms with van der Waals surface area (Å²) in [6, 6.07) is 8.33. The smallest absolute Gasteiger partial charge is 0.0977 e. The van der Waals surface area contributed by atoms with Crippen LogP contribution in [0, 0.1) is 0 Å². The topological polar surface area (TPSA) is 12.9 Å². The lowest BCUT2D eigenvalue weighted by Gasteiger charge is -2.13. The van der Waals surface area contributed by atoms with Gasteiger partial charge in [0.2, 0.25) is 0 Å². The van der Waals surface area contributed by atoms with Crippen molar-refractivity contribution in [3.8, 4) is 0 Å². The standard InChI is InChI=1S/C12H14BrNS/c1-3-9(13)8(2)12-14-10-6-4-5-7-11(10)15-12/h4-9H,3H2,1-2H3. The molecule has 0 aliphatic carbocycles. The van der Waals surface area contributed by atoms with Gasteiger partial charge in [0, 0.05) is 10.7 Å². The van der Waals surface area contributed by atoms with Crippen molar-refractivity contribution in [2.24, 2.45) is 0 Å². The maximum Gasteiger partial charge on any atom is 0.0977 e. The molecule has 0 aliphatic rings. The number of rotatable bonds is 3. The summed E-state index contributed by atoms with van der Waals surface area (Å²) in [5.74, 6) is 0.493. The molecule has 0 saturated heterocycles. The first-order valence-corrected chi connectivity index (χ1v) is 6.95. The van der Waals surface area contributed by atoms with Crippen LogP contribution < -0.4 is 0 Å². The molecule has 2 rings (SSSR count). The highest BCUT2D eigenvalue weighted by molar-refractivity contribution is 9.09. The molecule has 80 valence electrons. The van der Waals surface area contributed by atoms with Crippen LogP contribution in [0.5, 0.6) is 0 Å². The molecule has 0 amide bonds. The highest BCUT2D eigenvalue weighted by Crippen LogP contribution is 2.32. The molecular formula is C12H14BrNS. The number of benzene rings is 1. The number of thiazole rings is 1. The normalized spacial score (nSPS) is 15.4. The molecule has 2 atom stereocenters. The van der Waals surface area contributed by atoms with Crippen LogP contribution in [-0.4, -0.2) is 9.81 Å². The van der Waals surface area contributed by atoms with Crippen LogP contribution in [0.15, 0.2) is 24.3 Å². The first-order valence-electron chi connectivity index (χ1n) is 5.22. The summed E-state index contributed by atoms with van der Waals surface area (Å²) in [5.41, 5.74) is 1.13. The van der Waals surface area contributed by atoms with Gasteiger partial charge in [-0.3, -0.25) is 0 Å². The SMILES string of the molecule is CCC(Br)C(C)c1nc2ccccc2s1. The van der Waals surface area contributed by atoms with Crippen molar-refractivity contribution >= 4 is 37.5 Å². The zero-order valence-corrected chi connectivity index (χ0v) is 11.3. The van der Waals surface area contributed by atoms with E-state index in [1.807, 2.05) is 17.4 Å². The quantitative estimate of drug-likeness (QED) is 0.752. The van der Waals surface area contributed by atoms with E-state index in [-0.39, 0.29) is 0 Å². The molecule has 0 N–H and O–H groups in total. The molecular weight excluding hydrogens is 270 g/mol. The molecule has 0 radical (unpaired) electrons. The van der Waals surface area contributed by atoms with Gasteiger partial charge in [0.25, 0.3) is 0 Å². The lowest BCUT2D eigenvalue weighted by atomic mass is 10.1. The number of nitrogens with zero attached hydrogens (tertiary/aromatic N) is 1. The second kappa shape index (κ2) is 4.62. The van der Waals surface area contributed by atoms with Gasteiger partial charge in [-0.05, 0) is 18.6 Å². The third kappa shape index (κ3) is 2.23. The molecule has 0 saturated carbocycles. The summed E-state index contributed by atoms with van der Waals surface area (Å²) in [4.78, 5) is 5.20. The van der Waals surface area contributed by atoms with E-state index in [9.17, 15) is 0 Å². The number of halogens is 1. The maximum atomic E-state index is 4.67. The minimum absolute atomic E-state index is 0.493. The van der Waals surface area contributed by atoms with E-state index < -0.39 is 0 Å². The van der Waals surface area contributed by atoms with Crippen LogP contribution in [-0.2, 0) is 0 Å². The molecule has 0 fully saturated rings. The highest BCUT2D eigenvalue weighted by atomic mass is 79.9. The largest absolute Gasteiger partial charge is 0.241 e. The number of hydrogen-bond donors (Lipinski definition) is 0. The number of para-hydroxylation sites is 1. The maximum absolute atomic E-state index is 4.67. The lowest BCUT2D eigenvalue weighted by Crippen LogP contribution is -2.06. The third-order valence-electron chi connectivity index (χ3n) is 2.63. The Labute approximate surface area is 103 Å². The first kappa shape index (κ1) is 11.1. The van der Waals surface area contributed by atoms with Crippen LogP contribution in [0.2, 0.25) is 0 Å². The predicted octanol–water partition coefficient (Wildman–Crippen LogP) is 4.57. The number of fused-ring (bicyclic) bond motifs is 1. The zero-order valence-electron chi connectivity index (χ0n) is 8.90. The van der Waals surface area contributed by atoms with Crippen LogP contribution >= 0.6 is 27.3 Å². The molecule has 1 nitrogen and oxygen atoms in total. The molecule has 0 bridgehead atoms. The minimum atomic E-state index is 0.493. The lowest BCUT2D eigenvalue weighted by molar-refractivity contribution is 0.691. The Bertz CT molecular complexity index is 419. The van der Waals surface area contributed by atoms with E-state index in [1.165, 1.54) is 9.71 Å². The Hall–Kier alpha value is -0.410. The van der Waals surface area contributed by atoms with Crippen LogP contribution in [0.1, 0.15) is 31.2 Å². The average molecular weight is 284 g/mol. The molecule has 0 spiro atoms. The van der Waals surface area contributed by atoms with E-state index >= 15 is 0 Å². The van der Waals surface area contributed by atoms with E-state index in [0.29, 0.717) is 10.7 Å². The summed E-state index contributed by atoms with van der Waals surface area (Å²) in [5, 5.41) is 1.24. The Morgan fingerprint density at radius 2 is 2.13 bits per heavy atom. The number of hydrogen-bond acceptors (Lipinski definition) is 2. The van der Waals surface area contributed by atoms with E-state index in [2.05, 4.69) is 53.0 Å². The summed E-state index contributed by atoms with van der Waals surface area (Å²) >= 11 is 5.51. The van der Waals surface area contributed by atoms with Crippen molar-refractivity contribution in [1.82, 2.24) is 4.98 Å². The zero-order chi connectivity index (χ0) is 10.8. The van der Waals surface area contributed by atoms with Crippen LogP contribution in [0.3, 0.4) is 0 Å². The van der Waals surface area contributed by atoms with Crippen molar-refractivity contribution in [2.45, 2.75) is 31.0 Å². The van der Waals surface area contributed by atoms with Crippen molar-refractivity contribution < 1.29 is 0 Å². The van der Waals surface area contributed by atoms with Gasteiger partial charge in [-0.1, -0.05) is 41.9 Å². The van der Waals surface area contributed by atoms with E-state index in [0.717, 1.165) is 11.9 Å². The van der Waals surface area contributed by atoms with Crippen molar-refractivity contribution in [2.75, 3.05) is 0 Å². The summed E-state index contributed by atoms with van der Waals surface area (Å²) < 4.78 is 1.29. The monoisotopic (exact) mass is 283 g/mol. The Kier molecular flexibility index (Phi) is 3.42. The Morgan fingerprint density at radius 1 is 1.40 bits per heavy atom. The van der Waals surface area contributed by atoms with Gasteiger partial charge in [0.05, 0.1) is 15.2 Å². The molecule has 0 aliphatic heterocycles. The second-order valence-corrected chi connectivity index (χ2v) is 5.97. The third-order valence-corrected chi connectivity index (χ3v) is 5.31. The fourth-order valence-electron chi connectivity index (χ4n) is 1.59. The summed E-state index contributed by atoms with van der Waals surface area (Å²) in [6.45, 7) is 4.43. The Morgan fingerprint density at radius 3 is 2.80 bits per heavy atom. The molecule has 1 heterocycles. The fourth-order valence-corrected chi connectivity index (χ4v) is 3.10. The number of alkyl halides is 1. The molecule has 2 unspecified atom stereocenters. The molecule has 3 heteroatoms. The highest BCUT2D eigenvalue weighted by Gasteiger charge is 2.17. The first-order chi connectivity index (χ1) is 7.22. The van der Waals surface area contributed by atoms with Gasteiger partial charge in [-0.15, -0.1) is 11.3 Å². The summed E-state index contributed by atoms with van der Waals surface area (Å²) in [6.07, 6.45) is 1.14.